The van der Waals surface area contributed by atoms with Crippen LogP contribution in [0.5, 0.6) is 0 Å². The monoisotopic (exact) mass is 1140 g/mol. The largest absolute Gasteiger partial charge is 0.444 e. The van der Waals surface area contributed by atoms with Crippen molar-refractivity contribution >= 4 is 63.1 Å². The molecular formula is C67H70N10O8. The number of likely N-dealkylation sites (tertiary alicyclic amines) is 3. The molecule has 0 spiro atoms. The molecular weight excluding hydrogens is 1070 g/mol. The summed E-state index contributed by atoms with van der Waals surface area (Å²) in [6, 6.07) is 32.8. The first-order valence-electron chi connectivity index (χ1n) is 29.5. The van der Waals surface area contributed by atoms with Gasteiger partial charge in [0.25, 0.3) is 11.8 Å². The van der Waals surface area contributed by atoms with Crippen molar-refractivity contribution in [3.8, 4) is 22.8 Å². The Kier molecular flexibility index (Phi) is 17.3. The molecule has 4 fully saturated rings. The normalized spacial score (nSPS) is 18.6. The van der Waals surface area contributed by atoms with E-state index in [0.717, 1.165) is 99.9 Å². The highest BCUT2D eigenvalue weighted by Gasteiger charge is 2.38. The number of aromatic nitrogens is 6. The van der Waals surface area contributed by atoms with E-state index in [1.54, 1.807) is 57.6 Å². The third-order valence-corrected chi connectivity index (χ3v) is 16.3. The molecule has 3 amide bonds. The van der Waals surface area contributed by atoms with Crippen LogP contribution in [-0.2, 0) is 49.6 Å². The maximum Gasteiger partial charge on any atom is 0.410 e. The fourth-order valence-corrected chi connectivity index (χ4v) is 12.0. The van der Waals surface area contributed by atoms with Crippen LogP contribution in [0.1, 0.15) is 115 Å². The van der Waals surface area contributed by atoms with Gasteiger partial charge in [-0.1, -0.05) is 60.7 Å². The summed E-state index contributed by atoms with van der Waals surface area (Å²) < 4.78 is 5.52. The van der Waals surface area contributed by atoms with E-state index in [1.165, 1.54) is 6.20 Å². The molecule has 0 unspecified atom stereocenters. The second kappa shape index (κ2) is 25.4. The molecule has 85 heavy (non-hydrogen) atoms. The number of hydrogen-bond donors (Lipinski definition) is 3. The van der Waals surface area contributed by atoms with Crippen LogP contribution in [-0.4, -0.2) is 142 Å². The zero-order valence-corrected chi connectivity index (χ0v) is 48.2. The molecule has 18 nitrogen and oxygen atoms in total. The Bertz CT molecular complexity index is 3760. The first-order valence-corrected chi connectivity index (χ1v) is 29.5. The summed E-state index contributed by atoms with van der Waals surface area (Å²) in [5, 5.41) is 3.27. The third-order valence-electron chi connectivity index (χ3n) is 16.3. The number of carbonyl (C=O) groups excluding carboxylic acids is 7. The van der Waals surface area contributed by atoms with Gasteiger partial charge in [-0.15, -0.1) is 0 Å². The van der Waals surface area contributed by atoms with Crippen LogP contribution < -0.4 is 5.32 Å². The van der Waals surface area contributed by atoms with Crippen molar-refractivity contribution in [1.82, 2.24) is 49.9 Å². The lowest BCUT2D eigenvalue weighted by Crippen LogP contribution is -2.43. The zero-order valence-electron chi connectivity index (χ0n) is 48.2. The number of rotatable bonds is 16. The fraction of sp³-hybridized carbons (Fsp3) is 0.358. The summed E-state index contributed by atoms with van der Waals surface area (Å²) in [6.07, 6.45) is 13.4. The number of aromatic amines is 2. The second-order valence-electron chi connectivity index (χ2n) is 23.6. The fourth-order valence-electron chi connectivity index (χ4n) is 12.0. The average molecular weight is 1140 g/mol. The van der Waals surface area contributed by atoms with E-state index >= 15 is 0 Å². The molecule has 4 aliphatic heterocycles. The number of nitrogens with zero attached hydrogens (tertiary/aromatic N) is 7. The number of fused-ring (bicyclic) bond motifs is 2. The highest BCUT2D eigenvalue weighted by atomic mass is 16.6. The van der Waals surface area contributed by atoms with Crippen LogP contribution in [0.2, 0.25) is 0 Å². The van der Waals surface area contributed by atoms with Crippen molar-refractivity contribution in [3.05, 3.63) is 167 Å². The molecule has 436 valence electrons. The van der Waals surface area contributed by atoms with Gasteiger partial charge in [-0.25, -0.2) is 14.8 Å². The molecule has 0 bridgehead atoms. The number of H-pyrrole nitrogens is 2. The lowest BCUT2D eigenvalue weighted by molar-refractivity contribution is -0.123. The number of amides is 3. The van der Waals surface area contributed by atoms with Crippen LogP contribution in [0.3, 0.4) is 0 Å². The number of nitrogens with one attached hydrogen (secondary N) is 3. The number of ether oxygens (including phenoxy) is 1. The first kappa shape index (κ1) is 57.8. The van der Waals surface area contributed by atoms with Gasteiger partial charge < -0.3 is 29.8 Å². The van der Waals surface area contributed by atoms with Gasteiger partial charge in [0.1, 0.15) is 17.2 Å². The van der Waals surface area contributed by atoms with Crippen molar-refractivity contribution < 1.29 is 38.3 Å². The summed E-state index contributed by atoms with van der Waals surface area (Å²) in [5.41, 5.74) is 9.13. The highest BCUT2D eigenvalue weighted by Crippen LogP contribution is 2.29. The van der Waals surface area contributed by atoms with E-state index in [2.05, 4.69) is 25.3 Å². The maximum absolute atomic E-state index is 13.3. The predicted octanol–water partition coefficient (Wildman–Crippen LogP) is 9.46. The Morgan fingerprint density at radius 1 is 0.506 bits per heavy atom. The molecule has 4 saturated heterocycles. The van der Waals surface area contributed by atoms with Crippen molar-refractivity contribution in [3.63, 3.8) is 0 Å². The second-order valence-corrected chi connectivity index (χ2v) is 23.6. The van der Waals surface area contributed by atoms with E-state index in [0.29, 0.717) is 62.3 Å². The van der Waals surface area contributed by atoms with Gasteiger partial charge in [0.2, 0.25) is 0 Å². The maximum atomic E-state index is 13.3. The number of imidazole rings is 2. The number of Topliss-reactive ketones (excluding diaryl/α,β-unsaturated/α-hetero) is 4. The number of carbonyl (C=O) groups is 7. The van der Waals surface area contributed by atoms with Crippen molar-refractivity contribution in [2.45, 2.75) is 128 Å². The highest BCUT2D eigenvalue weighted by molar-refractivity contribution is 6.00. The Labute approximate surface area is 493 Å². The van der Waals surface area contributed by atoms with Crippen molar-refractivity contribution in [2.75, 3.05) is 26.2 Å². The molecule has 4 atom stereocenters. The van der Waals surface area contributed by atoms with Crippen LogP contribution in [0, 0.1) is 0 Å². The minimum Gasteiger partial charge on any atom is -0.444 e. The number of hydrogen-bond acceptors (Lipinski definition) is 13. The van der Waals surface area contributed by atoms with E-state index in [1.807, 2.05) is 106 Å². The minimum absolute atomic E-state index is 0.00486. The molecule has 0 saturated carbocycles. The van der Waals surface area contributed by atoms with Crippen molar-refractivity contribution in [2.24, 2.45) is 0 Å². The van der Waals surface area contributed by atoms with Gasteiger partial charge in [0, 0.05) is 81.2 Å². The lowest BCUT2D eigenvalue weighted by Gasteiger charge is -2.28. The molecule has 18 heteroatoms. The molecule has 0 radical (unpaired) electrons. The van der Waals surface area contributed by atoms with Gasteiger partial charge in [-0.05, 0) is 149 Å². The molecule has 8 aromatic rings. The Morgan fingerprint density at radius 2 is 0.929 bits per heavy atom. The number of pyridine rings is 2. The van der Waals surface area contributed by atoms with Crippen LogP contribution >= 0.6 is 0 Å². The number of benzene rings is 4. The van der Waals surface area contributed by atoms with E-state index in [9.17, 15) is 33.6 Å². The molecule has 4 aliphatic rings. The van der Waals surface area contributed by atoms with Crippen LogP contribution in [0.4, 0.5) is 4.79 Å². The first-order chi connectivity index (χ1) is 41.1. The van der Waals surface area contributed by atoms with Gasteiger partial charge in [-0.3, -0.25) is 43.6 Å². The minimum atomic E-state index is -0.617. The topological polar surface area (TPSA) is 234 Å². The molecule has 4 aromatic heterocycles. The quantitative estimate of drug-likeness (QED) is 0.0819. The molecule has 3 N–H and O–H groups in total. The standard InChI is InChI=1S/C36H39N5O5.C31H31N5O3/c1-36(2,3)46-35(45)41-18-6-9-30(41)32(43)21-24-12-15-27-28(19-24)39-33(38-27)25-13-10-23(11-14-25)20-31(42)29-8-5-17-40(29)34(44)26-7-4-16-37-22-26;37-28(25-5-2-14-33-25)18-21-9-12-24-26(16-21)35-30(34-24)22-10-7-20(8-11-22)17-29(38)27-6-3-15-36(27)31(39)23-4-1-13-32-19-23/h4,7,10-16,19,22,29-30H,5-6,8-9,17-18,20-21H2,1-3H3,(H,38,39);1,4,7-13,16,19,25,27,33H,2-3,5-6,14-15,17-18H2,(H,34,35)/t29-,30-;25-,27-/m00/s1. The van der Waals surface area contributed by atoms with E-state index in [-0.39, 0.29) is 60.3 Å². The Balaban J connectivity index is 0.000000179. The molecule has 0 aliphatic carbocycles. The SMILES string of the molecule is CC(C)(C)OC(=O)N1CCC[C@H]1C(=O)Cc1ccc2nc(-c3ccc(CC(=O)[C@@H]4CCCN4C(=O)c4cccnc4)cc3)[nH]c2c1.O=C(Cc1ccc2nc(-c3ccc(CC(=O)[C@@H]4CCCN4C(=O)c4cccnc4)cc3)[nH]c2c1)[C@@H]1CCCN1. The molecule has 4 aromatic carbocycles. The summed E-state index contributed by atoms with van der Waals surface area (Å²) in [7, 11) is 0. The van der Waals surface area contributed by atoms with Gasteiger partial charge in [0.15, 0.2) is 23.1 Å². The Morgan fingerprint density at radius 3 is 1.35 bits per heavy atom. The third kappa shape index (κ3) is 13.7. The van der Waals surface area contributed by atoms with Crippen LogP contribution in [0.15, 0.2) is 134 Å². The van der Waals surface area contributed by atoms with Crippen LogP contribution in [0.25, 0.3) is 44.8 Å². The van der Waals surface area contributed by atoms with Gasteiger partial charge in [-0.2, -0.15) is 0 Å². The number of ketones is 4. The summed E-state index contributed by atoms with van der Waals surface area (Å²) in [6.45, 7) is 8.05. The summed E-state index contributed by atoms with van der Waals surface area (Å²) in [5.74, 6) is 1.45. The smallest absolute Gasteiger partial charge is 0.410 e. The predicted molar refractivity (Wildman–Crippen MR) is 321 cm³/mol. The van der Waals surface area contributed by atoms with Crippen molar-refractivity contribution in [1.29, 1.82) is 0 Å². The molecule has 8 heterocycles. The Hall–Kier alpha value is -9.03. The van der Waals surface area contributed by atoms with Gasteiger partial charge in [0.05, 0.1) is 57.4 Å². The summed E-state index contributed by atoms with van der Waals surface area (Å²) >= 11 is 0. The average Bonchev–Trinajstić information content (AvgIpc) is 3.80. The van der Waals surface area contributed by atoms with Gasteiger partial charge >= 0.3 is 6.09 Å². The van der Waals surface area contributed by atoms with E-state index < -0.39 is 29.8 Å². The lowest BCUT2D eigenvalue weighted by atomic mass is 10.0. The molecule has 12 rings (SSSR count). The van der Waals surface area contributed by atoms with E-state index in [4.69, 9.17) is 14.7 Å². The zero-order chi connectivity index (χ0) is 59.2. The summed E-state index contributed by atoms with van der Waals surface area (Å²) in [4.78, 5) is 120.